The van der Waals surface area contributed by atoms with Crippen LogP contribution in [-0.4, -0.2) is 30.1 Å². The van der Waals surface area contributed by atoms with E-state index in [1.54, 1.807) is 0 Å². The molecule has 0 aliphatic heterocycles. The predicted molar refractivity (Wildman–Crippen MR) is 60.2 cm³/mol. The molecule has 2 unspecified atom stereocenters. The maximum atomic E-state index is 6.01. The van der Waals surface area contributed by atoms with Crippen molar-refractivity contribution >= 4 is 0 Å². The van der Waals surface area contributed by atoms with Gasteiger partial charge in [0.2, 0.25) is 0 Å². The molecule has 2 aliphatic rings. The zero-order valence-electron chi connectivity index (χ0n) is 9.63. The summed E-state index contributed by atoms with van der Waals surface area (Å²) in [5.41, 5.74) is 6.36. The van der Waals surface area contributed by atoms with Crippen molar-refractivity contribution in [2.24, 2.45) is 11.7 Å². The van der Waals surface area contributed by atoms with Crippen LogP contribution in [0.25, 0.3) is 0 Å². The summed E-state index contributed by atoms with van der Waals surface area (Å²) >= 11 is 0. The summed E-state index contributed by atoms with van der Waals surface area (Å²) in [6.07, 6.45) is 8.22. The molecule has 0 saturated heterocycles. The van der Waals surface area contributed by atoms with Crippen LogP contribution in [0.2, 0.25) is 0 Å². The maximum Gasteiger partial charge on any atom is 0.0334 e. The van der Waals surface area contributed by atoms with Crippen molar-refractivity contribution in [1.29, 1.82) is 0 Å². The van der Waals surface area contributed by atoms with Crippen molar-refractivity contribution < 1.29 is 0 Å². The van der Waals surface area contributed by atoms with Crippen molar-refractivity contribution in [3.8, 4) is 0 Å². The zero-order chi connectivity index (χ0) is 10.2. The van der Waals surface area contributed by atoms with E-state index in [1.807, 2.05) is 0 Å². The minimum atomic E-state index is 0.352. The van der Waals surface area contributed by atoms with E-state index in [-0.39, 0.29) is 0 Å². The minimum Gasteiger partial charge on any atom is -0.329 e. The lowest BCUT2D eigenvalue weighted by Gasteiger charge is -2.46. The standard InChI is InChI=1S/C12H24N2/c1-10-6-7-12(8-10,9-13)14(2)11-4-3-5-11/h10-11H,3-9,13H2,1-2H3. The minimum absolute atomic E-state index is 0.352. The number of likely N-dealkylation sites (N-methyl/N-ethyl adjacent to an activating group) is 1. The first-order chi connectivity index (χ1) is 6.68. The molecule has 0 aromatic carbocycles. The summed E-state index contributed by atoms with van der Waals surface area (Å²) < 4.78 is 0. The summed E-state index contributed by atoms with van der Waals surface area (Å²) in [5.74, 6) is 0.876. The smallest absolute Gasteiger partial charge is 0.0334 e. The summed E-state index contributed by atoms with van der Waals surface area (Å²) in [7, 11) is 2.30. The van der Waals surface area contributed by atoms with Crippen LogP contribution in [0.3, 0.4) is 0 Å². The van der Waals surface area contributed by atoms with Gasteiger partial charge in [-0.15, -0.1) is 0 Å². The van der Waals surface area contributed by atoms with Crippen molar-refractivity contribution in [2.45, 2.75) is 57.0 Å². The summed E-state index contributed by atoms with van der Waals surface area (Å²) in [4.78, 5) is 2.61. The quantitative estimate of drug-likeness (QED) is 0.748. The molecule has 0 radical (unpaired) electrons. The van der Waals surface area contributed by atoms with Gasteiger partial charge in [0.1, 0.15) is 0 Å². The monoisotopic (exact) mass is 196 g/mol. The van der Waals surface area contributed by atoms with Gasteiger partial charge >= 0.3 is 0 Å². The molecule has 2 rings (SSSR count). The Hall–Kier alpha value is -0.0800. The lowest BCUT2D eigenvalue weighted by Crippen LogP contribution is -2.56. The molecule has 2 atom stereocenters. The van der Waals surface area contributed by atoms with Crippen LogP contribution in [0.5, 0.6) is 0 Å². The van der Waals surface area contributed by atoms with E-state index in [1.165, 1.54) is 38.5 Å². The Bertz CT molecular complexity index is 200. The molecule has 14 heavy (non-hydrogen) atoms. The second kappa shape index (κ2) is 3.82. The molecule has 2 N–H and O–H groups in total. The molecule has 2 heteroatoms. The number of nitrogens with zero attached hydrogens (tertiary/aromatic N) is 1. The molecule has 0 aromatic heterocycles. The fourth-order valence-electron chi connectivity index (χ4n) is 3.18. The first-order valence-corrected chi connectivity index (χ1v) is 6.11. The molecule has 0 aromatic rings. The van der Waals surface area contributed by atoms with E-state index in [4.69, 9.17) is 5.73 Å². The van der Waals surface area contributed by atoms with Gasteiger partial charge in [0.15, 0.2) is 0 Å². The highest BCUT2D eigenvalue weighted by Gasteiger charge is 2.43. The molecule has 2 saturated carbocycles. The Labute approximate surface area is 87.8 Å². The predicted octanol–water partition coefficient (Wildman–Crippen LogP) is 1.99. The Kier molecular flexibility index (Phi) is 2.85. The van der Waals surface area contributed by atoms with Crippen LogP contribution in [-0.2, 0) is 0 Å². The normalized spacial score (nSPS) is 39.0. The van der Waals surface area contributed by atoms with Crippen molar-refractivity contribution in [3.05, 3.63) is 0 Å². The average molecular weight is 196 g/mol. The Morgan fingerprint density at radius 3 is 2.43 bits per heavy atom. The van der Waals surface area contributed by atoms with Crippen LogP contribution in [0.15, 0.2) is 0 Å². The van der Waals surface area contributed by atoms with Gasteiger partial charge in [0, 0.05) is 18.1 Å². The lowest BCUT2D eigenvalue weighted by molar-refractivity contribution is 0.0399. The van der Waals surface area contributed by atoms with Crippen LogP contribution in [0.1, 0.15) is 45.4 Å². The van der Waals surface area contributed by atoms with E-state index >= 15 is 0 Å². The number of hydrogen-bond acceptors (Lipinski definition) is 2. The van der Waals surface area contributed by atoms with Gasteiger partial charge in [-0.25, -0.2) is 0 Å². The topological polar surface area (TPSA) is 29.3 Å². The van der Waals surface area contributed by atoms with Gasteiger partial charge in [-0.2, -0.15) is 0 Å². The van der Waals surface area contributed by atoms with Crippen LogP contribution in [0, 0.1) is 5.92 Å². The average Bonchev–Trinajstić information content (AvgIpc) is 2.45. The molecule has 2 fully saturated rings. The fraction of sp³-hybridized carbons (Fsp3) is 1.00. The van der Waals surface area contributed by atoms with Gasteiger partial charge < -0.3 is 5.73 Å². The van der Waals surface area contributed by atoms with E-state index < -0.39 is 0 Å². The molecule has 0 bridgehead atoms. The first-order valence-electron chi connectivity index (χ1n) is 6.11. The molecule has 0 heterocycles. The van der Waals surface area contributed by atoms with E-state index in [9.17, 15) is 0 Å². The Morgan fingerprint density at radius 1 is 1.36 bits per heavy atom. The third-order valence-electron chi connectivity index (χ3n) is 4.58. The Morgan fingerprint density at radius 2 is 2.07 bits per heavy atom. The third-order valence-corrected chi connectivity index (χ3v) is 4.58. The van der Waals surface area contributed by atoms with Crippen LogP contribution in [0.4, 0.5) is 0 Å². The first kappa shape index (κ1) is 10.4. The molecule has 2 nitrogen and oxygen atoms in total. The zero-order valence-corrected chi connectivity index (χ0v) is 9.63. The second-order valence-corrected chi connectivity index (χ2v) is 5.47. The molecule has 2 aliphatic carbocycles. The van der Waals surface area contributed by atoms with E-state index in [2.05, 4.69) is 18.9 Å². The molecular formula is C12H24N2. The van der Waals surface area contributed by atoms with Crippen molar-refractivity contribution in [3.63, 3.8) is 0 Å². The van der Waals surface area contributed by atoms with Gasteiger partial charge in [0.25, 0.3) is 0 Å². The van der Waals surface area contributed by atoms with Crippen LogP contribution < -0.4 is 5.73 Å². The van der Waals surface area contributed by atoms with Crippen LogP contribution >= 0.6 is 0 Å². The highest BCUT2D eigenvalue weighted by molar-refractivity contribution is 5.00. The number of hydrogen-bond donors (Lipinski definition) is 1. The van der Waals surface area contributed by atoms with E-state index in [0.717, 1.165) is 18.5 Å². The van der Waals surface area contributed by atoms with Gasteiger partial charge in [-0.05, 0) is 45.1 Å². The fourth-order valence-corrected chi connectivity index (χ4v) is 3.18. The second-order valence-electron chi connectivity index (χ2n) is 5.47. The molecule has 0 amide bonds. The van der Waals surface area contributed by atoms with E-state index in [0.29, 0.717) is 5.54 Å². The lowest BCUT2D eigenvalue weighted by atomic mass is 9.85. The molecule has 0 spiro atoms. The third kappa shape index (κ3) is 1.59. The highest BCUT2D eigenvalue weighted by atomic mass is 15.2. The number of nitrogens with two attached hydrogens (primary N) is 1. The Balaban J connectivity index is 2.03. The highest BCUT2D eigenvalue weighted by Crippen LogP contribution is 2.41. The largest absolute Gasteiger partial charge is 0.329 e. The summed E-state index contributed by atoms with van der Waals surface area (Å²) in [6, 6.07) is 0.837. The van der Waals surface area contributed by atoms with Gasteiger partial charge in [-0.1, -0.05) is 13.3 Å². The summed E-state index contributed by atoms with van der Waals surface area (Å²) in [6.45, 7) is 3.22. The van der Waals surface area contributed by atoms with Gasteiger partial charge in [-0.3, -0.25) is 4.90 Å². The molecular weight excluding hydrogens is 172 g/mol. The number of rotatable bonds is 3. The molecule has 82 valence electrons. The summed E-state index contributed by atoms with van der Waals surface area (Å²) in [5, 5.41) is 0. The van der Waals surface area contributed by atoms with Crippen molar-refractivity contribution in [2.75, 3.05) is 13.6 Å². The van der Waals surface area contributed by atoms with Gasteiger partial charge in [0.05, 0.1) is 0 Å². The maximum absolute atomic E-state index is 6.01. The van der Waals surface area contributed by atoms with Crippen molar-refractivity contribution in [1.82, 2.24) is 4.90 Å². The SMILES string of the molecule is CC1CCC(CN)(N(C)C2CCC2)C1.